The molecule has 0 heterocycles. The van der Waals surface area contributed by atoms with Crippen molar-refractivity contribution < 1.29 is 9.59 Å². The average Bonchev–Trinajstić information content (AvgIpc) is 2.61. The summed E-state index contributed by atoms with van der Waals surface area (Å²) in [6.45, 7) is 8.19. The van der Waals surface area contributed by atoms with Gasteiger partial charge in [0, 0.05) is 24.8 Å². The molecule has 0 aliphatic heterocycles. The van der Waals surface area contributed by atoms with Gasteiger partial charge in [0.2, 0.25) is 11.8 Å². The molecular formula is C21H26N2O2. The molecule has 0 aliphatic carbocycles. The molecule has 0 spiro atoms. The standard InChI is InChI=1S/C21H26N2O2/c1-5-22(18-11-7-6-8-12-18)21(25)15-23(17(4)24)20-14-10-9-13-19(20)16(2)3/h6-14,16H,5,15H2,1-4H3. The molecule has 0 atom stereocenters. The van der Waals surface area contributed by atoms with Gasteiger partial charge in [-0.05, 0) is 36.6 Å². The van der Waals surface area contributed by atoms with Gasteiger partial charge in [0.1, 0.15) is 6.54 Å². The summed E-state index contributed by atoms with van der Waals surface area (Å²) in [5, 5.41) is 0. The molecule has 2 amide bonds. The van der Waals surface area contributed by atoms with E-state index in [1.165, 1.54) is 6.92 Å². The van der Waals surface area contributed by atoms with Crippen molar-refractivity contribution in [3.63, 3.8) is 0 Å². The number of benzene rings is 2. The van der Waals surface area contributed by atoms with E-state index >= 15 is 0 Å². The Morgan fingerprint density at radius 3 is 2.08 bits per heavy atom. The Labute approximate surface area is 150 Å². The van der Waals surface area contributed by atoms with Crippen LogP contribution in [0.2, 0.25) is 0 Å². The maximum absolute atomic E-state index is 12.9. The Bertz CT molecular complexity index is 726. The van der Waals surface area contributed by atoms with Crippen molar-refractivity contribution in [2.45, 2.75) is 33.6 Å². The second kappa shape index (κ2) is 8.47. The Morgan fingerprint density at radius 1 is 0.920 bits per heavy atom. The first-order valence-corrected chi connectivity index (χ1v) is 8.68. The number of amides is 2. The molecule has 0 radical (unpaired) electrons. The predicted octanol–water partition coefficient (Wildman–Crippen LogP) is 4.22. The molecule has 132 valence electrons. The third-order valence-corrected chi connectivity index (χ3v) is 4.21. The molecule has 0 bridgehead atoms. The molecule has 25 heavy (non-hydrogen) atoms. The van der Waals surface area contributed by atoms with Crippen LogP contribution in [0.3, 0.4) is 0 Å². The number of carbonyl (C=O) groups is 2. The van der Waals surface area contributed by atoms with Gasteiger partial charge in [-0.3, -0.25) is 9.59 Å². The number of rotatable bonds is 6. The highest BCUT2D eigenvalue weighted by atomic mass is 16.2. The molecular weight excluding hydrogens is 312 g/mol. The maximum Gasteiger partial charge on any atom is 0.247 e. The first-order chi connectivity index (χ1) is 12.0. The third-order valence-electron chi connectivity index (χ3n) is 4.21. The minimum absolute atomic E-state index is 0.0296. The summed E-state index contributed by atoms with van der Waals surface area (Å²) in [5.41, 5.74) is 2.71. The molecule has 0 saturated carbocycles. The van der Waals surface area contributed by atoms with E-state index in [9.17, 15) is 9.59 Å². The van der Waals surface area contributed by atoms with Crippen LogP contribution in [-0.4, -0.2) is 24.9 Å². The van der Waals surface area contributed by atoms with Gasteiger partial charge >= 0.3 is 0 Å². The molecule has 2 rings (SSSR count). The monoisotopic (exact) mass is 338 g/mol. The lowest BCUT2D eigenvalue weighted by Crippen LogP contribution is -2.42. The Balaban J connectivity index is 2.31. The molecule has 0 saturated heterocycles. The van der Waals surface area contributed by atoms with Gasteiger partial charge in [-0.25, -0.2) is 0 Å². The van der Waals surface area contributed by atoms with Crippen LogP contribution in [0.4, 0.5) is 11.4 Å². The topological polar surface area (TPSA) is 40.6 Å². The van der Waals surface area contributed by atoms with Crippen molar-refractivity contribution in [2.24, 2.45) is 0 Å². The van der Waals surface area contributed by atoms with E-state index in [1.807, 2.05) is 61.5 Å². The first-order valence-electron chi connectivity index (χ1n) is 8.68. The summed E-state index contributed by atoms with van der Waals surface area (Å²) in [6, 6.07) is 17.3. The van der Waals surface area contributed by atoms with E-state index in [0.29, 0.717) is 6.54 Å². The van der Waals surface area contributed by atoms with E-state index in [1.54, 1.807) is 9.80 Å². The van der Waals surface area contributed by atoms with Gasteiger partial charge < -0.3 is 9.80 Å². The van der Waals surface area contributed by atoms with Gasteiger partial charge in [-0.15, -0.1) is 0 Å². The highest BCUT2D eigenvalue weighted by molar-refractivity contribution is 6.03. The minimum atomic E-state index is -0.134. The second-order valence-electron chi connectivity index (χ2n) is 6.29. The normalized spacial score (nSPS) is 10.6. The number of nitrogens with zero attached hydrogens (tertiary/aromatic N) is 2. The van der Waals surface area contributed by atoms with Crippen molar-refractivity contribution in [3.05, 3.63) is 60.2 Å². The molecule has 0 aromatic heterocycles. The smallest absolute Gasteiger partial charge is 0.247 e. The highest BCUT2D eigenvalue weighted by Crippen LogP contribution is 2.27. The lowest BCUT2D eigenvalue weighted by atomic mass is 10.0. The quantitative estimate of drug-likeness (QED) is 0.791. The fraction of sp³-hybridized carbons (Fsp3) is 0.333. The number of hydrogen-bond donors (Lipinski definition) is 0. The van der Waals surface area contributed by atoms with Crippen molar-refractivity contribution >= 4 is 23.2 Å². The van der Waals surface area contributed by atoms with Crippen molar-refractivity contribution in [2.75, 3.05) is 22.9 Å². The van der Waals surface area contributed by atoms with Gasteiger partial charge in [0.05, 0.1) is 0 Å². The fourth-order valence-electron chi connectivity index (χ4n) is 2.92. The largest absolute Gasteiger partial charge is 0.311 e. The molecule has 0 unspecified atom stereocenters. The van der Waals surface area contributed by atoms with Gasteiger partial charge in [0.25, 0.3) is 0 Å². The number of anilines is 2. The molecule has 2 aromatic rings. The molecule has 2 aromatic carbocycles. The molecule has 0 N–H and O–H groups in total. The van der Waals surface area contributed by atoms with Crippen LogP contribution in [0, 0.1) is 0 Å². The second-order valence-corrected chi connectivity index (χ2v) is 6.29. The van der Waals surface area contributed by atoms with E-state index in [-0.39, 0.29) is 24.3 Å². The van der Waals surface area contributed by atoms with Crippen LogP contribution in [-0.2, 0) is 9.59 Å². The van der Waals surface area contributed by atoms with Crippen molar-refractivity contribution in [1.29, 1.82) is 0 Å². The highest BCUT2D eigenvalue weighted by Gasteiger charge is 2.23. The fourth-order valence-corrected chi connectivity index (χ4v) is 2.92. The van der Waals surface area contributed by atoms with Crippen molar-refractivity contribution in [3.8, 4) is 0 Å². The van der Waals surface area contributed by atoms with Gasteiger partial charge in [-0.2, -0.15) is 0 Å². The summed E-state index contributed by atoms with van der Waals surface area (Å²) in [5.74, 6) is 0.0394. The lowest BCUT2D eigenvalue weighted by Gasteiger charge is -2.28. The van der Waals surface area contributed by atoms with Crippen LogP contribution in [0.1, 0.15) is 39.2 Å². The Hall–Kier alpha value is -2.62. The van der Waals surface area contributed by atoms with Gasteiger partial charge in [-0.1, -0.05) is 50.2 Å². The molecule has 4 heteroatoms. The van der Waals surface area contributed by atoms with Gasteiger partial charge in [0.15, 0.2) is 0 Å². The van der Waals surface area contributed by atoms with Crippen LogP contribution in [0.15, 0.2) is 54.6 Å². The third kappa shape index (κ3) is 4.47. The van der Waals surface area contributed by atoms with Crippen molar-refractivity contribution in [1.82, 2.24) is 0 Å². The summed E-state index contributed by atoms with van der Waals surface area (Å²) >= 11 is 0. The minimum Gasteiger partial charge on any atom is -0.311 e. The van der Waals surface area contributed by atoms with E-state index < -0.39 is 0 Å². The summed E-state index contributed by atoms with van der Waals surface area (Å²) in [7, 11) is 0. The Kier molecular flexibility index (Phi) is 6.34. The molecule has 0 aliphatic rings. The number of hydrogen-bond acceptors (Lipinski definition) is 2. The van der Waals surface area contributed by atoms with Crippen LogP contribution >= 0.6 is 0 Å². The number of para-hydroxylation sites is 2. The summed E-state index contributed by atoms with van der Waals surface area (Å²) < 4.78 is 0. The van der Waals surface area contributed by atoms with E-state index in [2.05, 4.69) is 13.8 Å². The Morgan fingerprint density at radius 2 is 1.52 bits per heavy atom. The predicted molar refractivity (Wildman–Crippen MR) is 103 cm³/mol. The molecule has 0 fully saturated rings. The lowest BCUT2D eigenvalue weighted by molar-refractivity contribution is -0.121. The summed E-state index contributed by atoms with van der Waals surface area (Å²) in [6.07, 6.45) is 0. The van der Waals surface area contributed by atoms with Crippen LogP contribution in [0.5, 0.6) is 0 Å². The zero-order chi connectivity index (χ0) is 18.4. The number of likely N-dealkylation sites (N-methyl/N-ethyl adjacent to an activating group) is 1. The molecule has 4 nitrogen and oxygen atoms in total. The van der Waals surface area contributed by atoms with E-state index in [0.717, 1.165) is 16.9 Å². The zero-order valence-corrected chi connectivity index (χ0v) is 15.4. The summed E-state index contributed by atoms with van der Waals surface area (Å²) in [4.78, 5) is 28.4. The SMILES string of the molecule is CCN(C(=O)CN(C(C)=O)c1ccccc1C(C)C)c1ccccc1. The van der Waals surface area contributed by atoms with Crippen LogP contribution in [0.25, 0.3) is 0 Å². The number of carbonyl (C=O) groups excluding carboxylic acids is 2. The zero-order valence-electron chi connectivity index (χ0n) is 15.4. The average molecular weight is 338 g/mol. The maximum atomic E-state index is 12.9. The van der Waals surface area contributed by atoms with E-state index in [4.69, 9.17) is 0 Å². The van der Waals surface area contributed by atoms with Crippen LogP contribution < -0.4 is 9.80 Å². The first kappa shape index (κ1) is 18.7.